The zero-order valence-corrected chi connectivity index (χ0v) is 9.19. The molecule has 1 heterocycles. The van der Waals surface area contributed by atoms with Gasteiger partial charge in [0, 0.05) is 23.8 Å². The molecule has 0 aliphatic heterocycles. The van der Waals surface area contributed by atoms with Crippen molar-refractivity contribution < 1.29 is 4.74 Å². The maximum atomic E-state index is 6.00. The Morgan fingerprint density at radius 1 is 1.31 bits per heavy atom. The molecule has 0 saturated heterocycles. The molecule has 2 aromatic rings. The molecular formula is C11H10ClN3O. The number of benzene rings is 1. The molecule has 0 radical (unpaired) electrons. The summed E-state index contributed by atoms with van der Waals surface area (Å²) in [6, 6.07) is 7.02. The van der Waals surface area contributed by atoms with E-state index >= 15 is 0 Å². The third-order valence-electron chi connectivity index (χ3n) is 2.02. The van der Waals surface area contributed by atoms with Crippen LogP contribution in [0.4, 0.5) is 0 Å². The lowest BCUT2D eigenvalue weighted by atomic mass is 10.2. The highest BCUT2D eigenvalue weighted by Crippen LogP contribution is 2.25. The summed E-state index contributed by atoms with van der Waals surface area (Å²) in [6.07, 6.45) is 3.03. The van der Waals surface area contributed by atoms with Gasteiger partial charge in [0.1, 0.15) is 12.1 Å². The number of nitrogens with two attached hydrogens (primary N) is 1. The van der Waals surface area contributed by atoms with E-state index in [1.165, 1.54) is 6.33 Å². The fraction of sp³-hybridized carbons (Fsp3) is 0.0909. The van der Waals surface area contributed by atoms with Gasteiger partial charge in [-0.3, -0.25) is 0 Å². The molecule has 82 valence electrons. The molecule has 0 aliphatic carbocycles. The van der Waals surface area contributed by atoms with Crippen molar-refractivity contribution in [2.45, 2.75) is 6.54 Å². The number of nitrogens with zero attached hydrogens (tertiary/aromatic N) is 2. The summed E-state index contributed by atoms with van der Waals surface area (Å²) in [5, 5.41) is 0.592. The number of aromatic nitrogens is 2. The zero-order chi connectivity index (χ0) is 11.4. The molecule has 0 spiro atoms. The van der Waals surface area contributed by atoms with E-state index in [2.05, 4.69) is 9.97 Å². The predicted molar refractivity (Wildman–Crippen MR) is 61.4 cm³/mol. The van der Waals surface area contributed by atoms with Crippen LogP contribution in [0.5, 0.6) is 11.6 Å². The summed E-state index contributed by atoms with van der Waals surface area (Å²) in [7, 11) is 0. The van der Waals surface area contributed by atoms with Crippen LogP contribution in [0, 0.1) is 0 Å². The Balaban J connectivity index is 2.20. The van der Waals surface area contributed by atoms with Crippen molar-refractivity contribution in [3.63, 3.8) is 0 Å². The molecule has 0 bridgehead atoms. The van der Waals surface area contributed by atoms with E-state index in [4.69, 9.17) is 22.1 Å². The van der Waals surface area contributed by atoms with Crippen LogP contribution in [0.1, 0.15) is 5.56 Å². The fourth-order valence-electron chi connectivity index (χ4n) is 1.22. The van der Waals surface area contributed by atoms with Crippen LogP contribution in [-0.4, -0.2) is 9.97 Å². The number of halogens is 1. The van der Waals surface area contributed by atoms with Gasteiger partial charge in [-0.15, -0.1) is 0 Å². The average molecular weight is 236 g/mol. The minimum Gasteiger partial charge on any atom is -0.439 e. The Hall–Kier alpha value is -1.65. The van der Waals surface area contributed by atoms with Crippen molar-refractivity contribution in [2.24, 2.45) is 5.73 Å². The number of ether oxygens (including phenoxy) is 1. The molecule has 0 atom stereocenters. The van der Waals surface area contributed by atoms with E-state index in [1.54, 1.807) is 24.4 Å². The SMILES string of the molecule is NCc1ccc(Oc2ccncn2)cc1Cl. The number of rotatable bonds is 3. The summed E-state index contributed by atoms with van der Waals surface area (Å²) in [6.45, 7) is 0.409. The topological polar surface area (TPSA) is 61.0 Å². The van der Waals surface area contributed by atoms with Crippen LogP contribution >= 0.6 is 11.6 Å². The van der Waals surface area contributed by atoms with Crippen molar-refractivity contribution in [2.75, 3.05) is 0 Å². The van der Waals surface area contributed by atoms with E-state index in [1.807, 2.05) is 6.07 Å². The van der Waals surface area contributed by atoms with Crippen LogP contribution in [0.15, 0.2) is 36.8 Å². The summed E-state index contributed by atoms with van der Waals surface area (Å²) >= 11 is 6.00. The molecule has 1 aromatic heterocycles. The maximum Gasteiger partial charge on any atom is 0.222 e. The van der Waals surface area contributed by atoms with Gasteiger partial charge in [-0.2, -0.15) is 0 Å². The Morgan fingerprint density at radius 2 is 2.19 bits per heavy atom. The Labute approximate surface area is 98.0 Å². The second-order valence-electron chi connectivity index (χ2n) is 3.11. The third kappa shape index (κ3) is 2.48. The molecule has 2 N–H and O–H groups in total. The highest BCUT2D eigenvalue weighted by molar-refractivity contribution is 6.31. The van der Waals surface area contributed by atoms with E-state index in [0.717, 1.165) is 5.56 Å². The van der Waals surface area contributed by atoms with E-state index < -0.39 is 0 Å². The summed E-state index contributed by atoms with van der Waals surface area (Å²) < 4.78 is 5.48. The molecule has 0 unspecified atom stereocenters. The molecule has 5 heteroatoms. The smallest absolute Gasteiger partial charge is 0.222 e. The highest BCUT2D eigenvalue weighted by atomic mass is 35.5. The first kappa shape index (κ1) is 10.9. The minimum absolute atomic E-state index is 0.409. The lowest BCUT2D eigenvalue weighted by Crippen LogP contribution is -1.97. The molecule has 0 fully saturated rings. The molecule has 0 amide bonds. The molecule has 4 nitrogen and oxygen atoms in total. The Morgan fingerprint density at radius 3 is 2.81 bits per heavy atom. The van der Waals surface area contributed by atoms with Crippen LogP contribution in [0.2, 0.25) is 5.02 Å². The Bertz CT molecular complexity index is 476. The monoisotopic (exact) mass is 235 g/mol. The van der Waals surface area contributed by atoms with Crippen molar-refractivity contribution >= 4 is 11.6 Å². The largest absolute Gasteiger partial charge is 0.439 e. The van der Waals surface area contributed by atoms with Gasteiger partial charge in [-0.05, 0) is 17.7 Å². The van der Waals surface area contributed by atoms with Crippen LogP contribution in [0.25, 0.3) is 0 Å². The van der Waals surface area contributed by atoms with Gasteiger partial charge < -0.3 is 10.5 Å². The molecule has 0 aliphatic rings. The molecular weight excluding hydrogens is 226 g/mol. The molecule has 2 rings (SSSR count). The van der Waals surface area contributed by atoms with Gasteiger partial charge >= 0.3 is 0 Å². The second-order valence-corrected chi connectivity index (χ2v) is 3.51. The van der Waals surface area contributed by atoms with Crippen LogP contribution in [0.3, 0.4) is 0 Å². The van der Waals surface area contributed by atoms with Crippen LogP contribution < -0.4 is 10.5 Å². The van der Waals surface area contributed by atoms with Gasteiger partial charge in [0.15, 0.2) is 0 Å². The van der Waals surface area contributed by atoms with Crippen molar-refractivity contribution in [3.05, 3.63) is 47.4 Å². The summed E-state index contributed by atoms with van der Waals surface area (Å²) in [5.74, 6) is 1.10. The van der Waals surface area contributed by atoms with Gasteiger partial charge in [0.05, 0.1) is 0 Å². The van der Waals surface area contributed by atoms with Crippen molar-refractivity contribution in [1.82, 2.24) is 9.97 Å². The van der Waals surface area contributed by atoms with E-state index in [-0.39, 0.29) is 0 Å². The third-order valence-corrected chi connectivity index (χ3v) is 2.37. The molecule has 0 saturated carbocycles. The fourth-order valence-corrected chi connectivity index (χ4v) is 1.46. The van der Waals surface area contributed by atoms with Crippen molar-refractivity contribution in [1.29, 1.82) is 0 Å². The highest BCUT2D eigenvalue weighted by Gasteiger charge is 2.02. The molecule has 16 heavy (non-hydrogen) atoms. The van der Waals surface area contributed by atoms with Gasteiger partial charge in [0.2, 0.25) is 5.88 Å². The van der Waals surface area contributed by atoms with Gasteiger partial charge in [-0.25, -0.2) is 9.97 Å². The zero-order valence-electron chi connectivity index (χ0n) is 8.43. The summed E-state index contributed by atoms with van der Waals surface area (Å²) in [4.78, 5) is 7.74. The normalized spacial score (nSPS) is 10.1. The first-order chi connectivity index (χ1) is 7.79. The number of hydrogen-bond donors (Lipinski definition) is 1. The van der Waals surface area contributed by atoms with Crippen molar-refractivity contribution in [3.8, 4) is 11.6 Å². The van der Waals surface area contributed by atoms with Gasteiger partial charge in [0.25, 0.3) is 0 Å². The maximum absolute atomic E-state index is 6.00. The lowest BCUT2D eigenvalue weighted by molar-refractivity contribution is 0.461. The predicted octanol–water partition coefficient (Wildman–Crippen LogP) is 2.38. The second kappa shape index (κ2) is 4.92. The lowest BCUT2D eigenvalue weighted by Gasteiger charge is -2.06. The first-order valence-electron chi connectivity index (χ1n) is 4.72. The van der Waals surface area contributed by atoms with Gasteiger partial charge in [-0.1, -0.05) is 17.7 Å². The number of hydrogen-bond acceptors (Lipinski definition) is 4. The standard InChI is InChI=1S/C11H10ClN3O/c12-10-5-9(2-1-8(10)6-13)16-11-3-4-14-7-15-11/h1-5,7H,6,13H2. The average Bonchev–Trinajstić information content (AvgIpc) is 2.31. The molecule has 1 aromatic carbocycles. The van der Waals surface area contributed by atoms with Crippen LogP contribution in [-0.2, 0) is 6.54 Å². The summed E-state index contributed by atoms with van der Waals surface area (Å²) in [5.41, 5.74) is 6.39. The quantitative estimate of drug-likeness (QED) is 0.887. The minimum atomic E-state index is 0.409. The Kier molecular flexibility index (Phi) is 3.34. The first-order valence-corrected chi connectivity index (χ1v) is 5.10. The van der Waals surface area contributed by atoms with E-state index in [0.29, 0.717) is 23.2 Å². The van der Waals surface area contributed by atoms with E-state index in [9.17, 15) is 0 Å².